The van der Waals surface area contributed by atoms with E-state index in [2.05, 4.69) is 34.0 Å². The van der Waals surface area contributed by atoms with E-state index in [0.717, 1.165) is 44.0 Å². The van der Waals surface area contributed by atoms with Gasteiger partial charge >= 0.3 is 0 Å². The summed E-state index contributed by atoms with van der Waals surface area (Å²) in [6.45, 7) is 3.59. The fraction of sp³-hybridized carbons (Fsp3) is 0.440. The van der Waals surface area contributed by atoms with Crippen molar-refractivity contribution in [1.29, 1.82) is 0 Å². The molecule has 0 bridgehead atoms. The normalized spacial score (nSPS) is 17.8. The van der Waals surface area contributed by atoms with E-state index in [1.165, 1.54) is 61.2 Å². The Morgan fingerprint density at radius 1 is 1.00 bits per heavy atom. The summed E-state index contributed by atoms with van der Waals surface area (Å²) in [5.41, 5.74) is 4.92. The van der Waals surface area contributed by atoms with Crippen LogP contribution in [0.15, 0.2) is 48.8 Å². The zero-order chi connectivity index (χ0) is 20.3. The van der Waals surface area contributed by atoms with E-state index in [0.29, 0.717) is 5.92 Å². The minimum atomic E-state index is -0.188. The molecule has 156 valence electrons. The van der Waals surface area contributed by atoms with Gasteiger partial charge in [0.1, 0.15) is 11.6 Å². The largest absolute Gasteiger partial charge is 0.346 e. The summed E-state index contributed by atoms with van der Waals surface area (Å²) >= 11 is 0. The van der Waals surface area contributed by atoms with Crippen molar-refractivity contribution in [3.05, 3.63) is 82.9 Å². The zero-order valence-electron chi connectivity index (χ0n) is 17.4. The van der Waals surface area contributed by atoms with Gasteiger partial charge in [-0.05, 0) is 42.7 Å². The molecule has 1 aliphatic carbocycles. The number of fused-ring (bicyclic) bond motifs is 1. The third-order valence-corrected chi connectivity index (χ3v) is 6.58. The molecule has 1 aliphatic heterocycles. The van der Waals surface area contributed by atoms with Crippen molar-refractivity contribution in [3.63, 3.8) is 0 Å². The molecule has 3 aromatic rings. The highest BCUT2D eigenvalue weighted by atomic mass is 19.1. The van der Waals surface area contributed by atoms with Gasteiger partial charge in [0.05, 0.1) is 0 Å². The molecule has 0 spiro atoms. The minimum absolute atomic E-state index is 0.188. The lowest BCUT2D eigenvalue weighted by atomic mass is 9.88. The van der Waals surface area contributed by atoms with Crippen LogP contribution < -0.4 is 0 Å². The maximum atomic E-state index is 13.2. The average molecular weight is 405 g/mol. The first kappa shape index (κ1) is 19.4. The number of hydrogen-bond acceptors (Lipinski definition) is 3. The number of benzene rings is 1. The first-order valence-electron chi connectivity index (χ1n) is 11.2. The Labute approximate surface area is 177 Å². The number of rotatable bonds is 5. The van der Waals surface area contributed by atoms with Gasteiger partial charge in [-0.2, -0.15) is 0 Å². The number of aromatic nitrogens is 3. The lowest BCUT2D eigenvalue weighted by Gasteiger charge is -2.29. The predicted molar refractivity (Wildman–Crippen MR) is 116 cm³/mol. The third kappa shape index (κ3) is 4.31. The Balaban J connectivity index is 1.25. The third-order valence-electron chi connectivity index (χ3n) is 6.58. The van der Waals surface area contributed by atoms with Gasteiger partial charge < -0.3 is 4.57 Å². The molecule has 30 heavy (non-hydrogen) atoms. The van der Waals surface area contributed by atoms with Crippen LogP contribution in [0.1, 0.15) is 66.4 Å². The molecule has 0 unspecified atom stereocenters. The minimum Gasteiger partial charge on any atom is -0.346 e. The van der Waals surface area contributed by atoms with Crippen LogP contribution in [0, 0.1) is 5.82 Å². The zero-order valence-corrected chi connectivity index (χ0v) is 17.4. The van der Waals surface area contributed by atoms with Crippen LogP contribution in [0.3, 0.4) is 0 Å². The summed E-state index contributed by atoms with van der Waals surface area (Å²) in [7, 11) is 0. The van der Waals surface area contributed by atoms with Crippen LogP contribution >= 0.6 is 0 Å². The van der Waals surface area contributed by atoms with Crippen LogP contribution in [0.4, 0.5) is 4.39 Å². The molecular formula is C25H29FN4. The van der Waals surface area contributed by atoms with E-state index in [-0.39, 0.29) is 5.82 Å². The number of nitrogens with zero attached hydrogens (tertiary/aromatic N) is 4. The molecule has 5 rings (SSSR count). The van der Waals surface area contributed by atoms with E-state index < -0.39 is 0 Å². The summed E-state index contributed by atoms with van der Waals surface area (Å²) in [5, 5.41) is 0. The fourth-order valence-electron chi connectivity index (χ4n) is 4.85. The second kappa shape index (κ2) is 8.68. The Morgan fingerprint density at radius 3 is 2.67 bits per heavy atom. The summed E-state index contributed by atoms with van der Waals surface area (Å²) < 4.78 is 15.4. The van der Waals surface area contributed by atoms with Crippen LogP contribution in [0.2, 0.25) is 0 Å². The fourth-order valence-corrected chi connectivity index (χ4v) is 4.85. The van der Waals surface area contributed by atoms with E-state index in [4.69, 9.17) is 9.97 Å². The molecule has 1 fully saturated rings. The summed E-state index contributed by atoms with van der Waals surface area (Å²) in [5.74, 6) is 1.46. The van der Waals surface area contributed by atoms with Crippen LogP contribution in [0.5, 0.6) is 0 Å². The van der Waals surface area contributed by atoms with Gasteiger partial charge in [0, 0.05) is 67.9 Å². The Hall–Kier alpha value is -2.53. The van der Waals surface area contributed by atoms with Crippen molar-refractivity contribution in [2.45, 2.75) is 64.1 Å². The molecule has 0 atom stereocenters. The lowest BCUT2D eigenvalue weighted by Crippen LogP contribution is -2.32. The summed E-state index contributed by atoms with van der Waals surface area (Å²) in [4.78, 5) is 12.2. The van der Waals surface area contributed by atoms with Crippen LogP contribution in [-0.4, -0.2) is 26.0 Å². The second-order valence-electron chi connectivity index (χ2n) is 8.75. The van der Waals surface area contributed by atoms with Crippen LogP contribution in [0.25, 0.3) is 0 Å². The Kier molecular flexibility index (Phi) is 5.63. The van der Waals surface area contributed by atoms with E-state index >= 15 is 0 Å². The van der Waals surface area contributed by atoms with Crippen molar-refractivity contribution in [2.75, 3.05) is 6.54 Å². The Morgan fingerprint density at radius 2 is 1.83 bits per heavy atom. The van der Waals surface area contributed by atoms with E-state index in [9.17, 15) is 4.39 Å². The molecule has 0 radical (unpaired) electrons. The second-order valence-corrected chi connectivity index (χ2v) is 8.75. The number of halogens is 1. The first-order chi connectivity index (χ1) is 14.7. The molecule has 0 N–H and O–H groups in total. The summed E-state index contributed by atoms with van der Waals surface area (Å²) in [6, 6.07) is 11.1. The van der Waals surface area contributed by atoms with E-state index in [1.807, 2.05) is 12.1 Å². The Bertz CT molecular complexity index is 989. The maximum absolute atomic E-state index is 13.2. The molecule has 1 aromatic carbocycles. The van der Waals surface area contributed by atoms with Gasteiger partial charge in [-0.1, -0.05) is 31.4 Å². The topological polar surface area (TPSA) is 34.0 Å². The number of hydrogen-bond donors (Lipinski definition) is 0. The highest BCUT2D eigenvalue weighted by molar-refractivity contribution is 5.23. The molecule has 0 amide bonds. The highest BCUT2D eigenvalue weighted by Gasteiger charge is 2.23. The lowest BCUT2D eigenvalue weighted by molar-refractivity contribution is 0.236. The van der Waals surface area contributed by atoms with Gasteiger partial charge in [-0.3, -0.25) is 4.90 Å². The van der Waals surface area contributed by atoms with Crippen molar-refractivity contribution in [1.82, 2.24) is 19.4 Å². The van der Waals surface area contributed by atoms with Gasteiger partial charge in [-0.25, -0.2) is 14.4 Å². The van der Waals surface area contributed by atoms with Gasteiger partial charge in [0.15, 0.2) is 0 Å². The summed E-state index contributed by atoms with van der Waals surface area (Å²) in [6.07, 6.45) is 11.7. The molecule has 5 heteroatoms. The van der Waals surface area contributed by atoms with Crippen molar-refractivity contribution < 1.29 is 4.39 Å². The first-order valence-corrected chi connectivity index (χ1v) is 11.2. The average Bonchev–Trinajstić information content (AvgIpc) is 3.22. The smallest absolute Gasteiger partial charge is 0.131 e. The van der Waals surface area contributed by atoms with Gasteiger partial charge in [0.2, 0.25) is 0 Å². The molecule has 4 nitrogen and oxygen atoms in total. The van der Waals surface area contributed by atoms with Crippen molar-refractivity contribution in [3.8, 4) is 0 Å². The molecule has 2 aromatic heterocycles. The molecule has 2 aliphatic rings. The van der Waals surface area contributed by atoms with E-state index in [1.54, 1.807) is 0 Å². The standard InChI is InChI=1S/C25H29FN4/c26-22-10-8-19(9-11-22)16-30-13-4-7-23(30)18-29-14-12-24-21(17-29)15-27-25(28-24)20-5-2-1-3-6-20/h4,7-11,13,15,20H,1-3,5-6,12,14,16-18H2. The van der Waals surface area contributed by atoms with Crippen molar-refractivity contribution >= 4 is 0 Å². The molecule has 0 saturated heterocycles. The van der Waals surface area contributed by atoms with Crippen molar-refractivity contribution in [2.24, 2.45) is 0 Å². The quantitative estimate of drug-likeness (QED) is 0.595. The predicted octanol–water partition coefficient (Wildman–Crippen LogP) is 5.07. The molecular weight excluding hydrogens is 375 g/mol. The molecule has 1 saturated carbocycles. The SMILES string of the molecule is Fc1ccc(Cn2cccc2CN2CCc3nc(C4CCCCC4)ncc3C2)cc1. The maximum Gasteiger partial charge on any atom is 0.131 e. The van der Waals surface area contributed by atoms with Gasteiger partial charge in [0.25, 0.3) is 0 Å². The monoisotopic (exact) mass is 404 g/mol. The molecule has 3 heterocycles. The van der Waals surface area contributed by atoms with Crippen LogP contribution in [-0.2, 0) is 26.1 Å². The highest BCUT2D eigenvalue weighted by Crippen LogP contribution is 2.31. The van der Waals surface area contributed by atoms with Gasteiger partial charge in [-0.15, -0.1) is 0 Å².